The minimum atomic E-state index is -0.769. The van der Waals surface area contributed by atoms with Gasteiger partial charge in [0.25, 0.3) is 0 Å². The van der Waals surface area contributed by atoms with Crippen molar-refractivity contribution in [3.8, 4) is 17.2 Å². The Bertz CT molecular complexity index is 1370. The van der Waals surface area contributed by atoms with E-state index in [0.717, 1.165) is 55.6 Å². The maximum absolute atomic E-state index is 14.7. The van der Waals surface area contributed by atoms with E-state index in [2.05, 4.69) is 20.7 Å². The van der Waals surface area contributed by atoms with E-state index < -0.39 is 23.5 Å². The molecule has 0 radical (unpaired) electrons. The van der Waals surface area contributed by atoms with E-state index in [-0.39, 0.29) is 28.9 Å². The highest BCUT2D eigenvalue weighted by Crippen LogP contribution is 2.35. The summed E-state index contributed by atoms with van der Waals surface area (Å²) >= 11 is 0. The van der Waals surface area contributed by atoms with Crippen LogP contribution in [0.4, 0.5) is 29.5 Å². The Morgan fingerprint density at radius 2 is 1.61 bits per heavy atom. The highest BCUT2D eigenvalue weighted by molar-refractivity contribution is 5.99. The minimum absolute atomic E-state index is 0.0755. The second-order valence-electron chi connectivity index (χ2n) is 8.48. The maximum atomic E-state index is 14.7. The van der Waals surface area contributed by atoms with Gasteiger partial charge in [-0.15, -0.1) is 0 Å². The van der Waals surface area contributed by atoms with Crippen LogP contribution in [-0.2, 0) is 0 Å². The number of aromatic nitrogens is 3. The third-order valence-corrected chi connectivity index (χ3v) is 5.91. The Balaban J connectivity index is 1.35. The van der Waals surface area contributed by atoms with E-state index >= 15 is 0 Å². The third kappa shape index (κ3) is 5.32. The molecule has 10 heteroatoms. The number of nitrogens with zero attached hydrogens (tertiary/aromatic N) is 3. The van der Waals surface area contributed by atoms with E-state index in [4.69, 9.17) is 4.74 Å². The lowest BCUT2D eigenvalue weighted by atomic mass is 10.0. The second kappa shape index (κ2) is 10.1. The van der Waals surface area contributed by atoms with Crippen molar-refractivity contribution in [2.75, 3.05) is 10.6 Å². The van der Waals surface area contributed by atoms with E-state index in [1.54, 1.807) is 30.6 Å². The summed E-state index contributed by atoms with van der Waals surface area (Å²) in [7, 11) is 0. The van der Waals surface area contributed by atoms with Crippen LogP contribution < -0.4 is 15.4 Å². The van der Waals surface area contributed by atoms with Gasteiger partial charge in [-0.3, -0.25) is 10.3 Å². The molecule has 0 atom stereocenters. The zero-order valence-electron chi connectivity index (χ0n) is 19.0. The van der Waals surface area contributed by atoms with Crippen LogP contribution in [-0.4, -0.2) is 20.8 Å². The quantitative estimate of drug-likeness (QED) is 0.310. The van der Waals surface area contributed by atoms with Gasteiger partial charge in [0.15, 0.2) is 0 Å². The molecule has 1 fully saturated rings. The molecule has 5 rings (SSSR count). The largest absolute Gasteiger partial charge is 0.457 e. The van der Waals surface area contributed by atoms with Gasteiger partial charge in [0.1, 0.15) is 34.8 Å². The average molecular weight is 493 g/mol. The van der Waals surface area contributed by atoms with Crippen LogP contribution in [0, 0.1) is 17.5 Å². The predicted octanol–water partition coefficient (Wildman–Crippen LogP) is 6.78. The summed E-state index contributed by atoms with van der Waals surface area (Å²) in [6, 6.07) is 11.2. The van der Waals surface area contributed by atoms with Crippen LogP contribution in [0.1, 0.15) is 37.3 Å². The van der Waals surface area contributed by atoms with Crippen LogP contribution in [0.25, 0.3) is 5.69 Å². The molecular weight excluding hydrogens is 471 g/mol. The number of carbonyl (C=O) groups is 1. The summed E-state index contributed by atoms with van der Waals surface area (Å²) < 4.78 is 49.3. The maximum Gasteiger partial charge on any atom is 0.324 e. The average Bonchev–Trinajstić information content (AvgIpc) is 3.51. The minimum Gasteiger partial charge on any atom is -0.457 e. The second-order valence-corrected chi connectivity index (χ2v) is 8.48. The number of halogens is 3. The Morgan fingerprint density at radius 3 is 2.31 bits per heavy atom. The zero-order chi connectivity index (χ0) is 25.1. The highest BCUT2D eigenvalue weighted by Gasteiger charge is 2.23. The first-order chi connectivity index (χ1) is 17.4. The van der Waals surface area contributed by atoms with Crippen LogP contribution in [0.2, 0.25) is 0 Å². The van der Waals surface area contributed by atoms with Crippen LogP contribution in [0.3, 0.4) is 0 Å². The van der Waals surface area contributed by atoms with Crippen LogP contribution >= 0.6 is 0 Å². The summed E-state index contributed by atoms with van der Waals surface area (Å²) in [6.45, 7) is 0. The summed E-state index contributed by atoms with van der Waals surface area (Å²) in [5.41, 5.74) is 0.764. The van der Waals surface area contributed by atoms with E-state index in [0.29, 0.717) is 5.75 Å². The third-order valence-electron chi connectivity index (χ3n) is 5.91. The van der Waals surface area contributed by atoms with Crippen molar-refractivity contribution in [1.82, 2.24) is 14.8 Å². The van der Waals surface area contributed by atoms with Gasteiger partial charge in [-0.2, -0.15) is 5.10 Å². The Labute approximate surface area is 204 Å². The molecule has 36 heavy (non-hydrogen) atoms. The van der Waals surface area contributed by atoms with Crippen molar-refractivity contribution in [3.63, 3.8) is 0 Å². The molecule has 4 aromatic rings. The molecule has 0 aliphatic heterocycles. The molecule has 7 nitrogen and oxygen atoms in total. The van der Waals surface area contributed by atoms with Gasteiger partial charge in [0.2, 0.25) is 0 Å². The Morgan fingerprint density at radius 1 is 0.889 bits per heavy atom. The van der Waals surface area contributed by atoms with Crippen molar-refractivity contribution in [2.45, 2.75) is 31.6 Å². The Hall–Kier alpha value is -4.34. The SMILES string of the molecule is O=C(Nc1ccc(Oc2ccncc2)cc1F)Nc1cc(C2CCCC2)nn1-c1cc(F)cc(F)c1. The fourth-order valence-electron chi connectivity index (χ4n) is 4.24. The number of ether oxygens (including phenoxy) is 1. The lowest BCUT2D eigenvalue weighted by Crippen LogP contribution is -2.22. The Kier molecular flexibility index (Phi) is 6.57. The van der Waals surface area contributed by atoms with Crippen LogP contribution in [0.15, 0.2) is 67.0 Å². The number of nitrogens with one attached hydrogen (secondary N) is 2. The number of benzene rings is 2. The lowest BCUT2D eigenvalue weighted by Gasteiger charge is -2.12. The number of pyridine rings is 1. The molecule has 1 aliphatic rings. The van der Waals surface area contributed by atoms with Crippen molar-refractivity contribution in [1.29, 1.82) is 0 Å². The number of amides is 2. The van der Waals surface area contributed by atoms with E-state index in [9.17, 15) is 18.0 Å². The van der Waals surface area contributed by atoms with Crippen molar-refractivity contribution in [2.24, 2.45) is 0 Å². The molecule has 0 bridgehead atoms. The van der Waals surface area contributed by atoms with Gasteiger partial charge in [-0.1, -0.05) is 12.8 Å². The van der Waals surface area contributed by atoms with Crippen molar-refractivity contribution >= 4 is 17.5 Å². The van der Waals surface area contributed by atoms with Crippen molar-refractivity contribution < 1.29 is 22.7 Å². The number of rotatable bonds is 6. The molecule has 2 aromatic carbocycles. The van der Waals surface area contributed by atoms with Crippen molar-refractivity contribution in [3.05, 3.63) is 90.1 Å². The molecule has 2 heterocycles. The monoisotopic (exact) mass is 493 g/mol. The predicted molar refractivity (Wildman–Crippen MR) is 128 cm³/mol. The first-order valence-corrected chi connectivity index (χ1v) is 11.5. The van der Waals surface area contributed by atoms with Gasteiger partial charge in [0.05, 0.1) is 17.1 Å². The normalized spacial score (nSPS) is 13.5. The number of hydrogen-bond acceptors (Lipinski definition) is 4. The smallest absolute Gasteiger partial charge is 0.324 e. The molecule has 1 saturated carbocycles. The van der Waals surface area contributed by atoms with E-state index in [1.165, 1.54) is 16.8 Å². The number of hydrogen-bond donors (Lipinski definition) is 2. The summed E-state index contributed by atoms with van der Waals surface area (Å²) in [5, 5.41) is 9.59. The molecule has 2 N–H and O–H groups in total. The van der Waals surface area contributed by atoms with Crippen LogP contribution in [0.5, 0.6) is 11.5 Å². The fraction of sp³-hybridized carbons (Fsp3) is 0.192. The molecule has 0 saturated heterocycles. The number of urea groups is 1. The van der Waals surface area contributed by atoms with Gasteiger partial charge in [-0.25, -0.2) is 22.6 Å². The highest BCUT2D eigenvalue weighted by atomic mass is 19.1. The topological polar surface area (TPSA) is 81.1 Å². The van der Waals surface area contributed by atoms with Gasteiger partial charge >= 0.3 is 6.03 Å². The van der Waals surface area contributed by atoms with Gasteiger partial charge in [-0.05, 0) is 49.2 Å². The summed E-state index contributed by atoms with van der Waals surface area (Å²) in [4.78, 5) is 16.6. The zero-order valence-corrected chi connectivity index (χ0v) is 19.0. The fourth-order valence-corrected chi connectivity index (χ4v) is 4.24. The molecule has 0 unspecified atom stereocenters. The molecule has 2 amide bonds. The lowest BCUT2D eigenvalue weighted by molar-refractivity contribution is 0.262. The van der Waals surface area contributed by atoms with E-state index in [1.807, 2.05) is 0 Å². The number of carbonyl (C=O) groups excluding carboxylic acids is 1. The molecular formula is C26H22F3N5O2. The van der Waals surface area contributed by atoms with Gasteiger partial charge < -0.3 is 10.1 Å². The molecule has 2 aromatic heterocycles. The standard InChI is InChI=1S/C26H22F3N5O2/c27-17-11-18(28)13-19(12-17)34-25(15-24(33-34)16-3-1-2-4-16)32-26(35)31-23-6-5-21(14-22(23)29)36-20-7-9-30-10-8-20/h5-16H,1-4H2,(H2,31,32,35). The molecule has 184 valence electrons. The molecule has 0 spiro atoms. The molecule has 1 aliphatic carbocycles. The number of anilines is 2. The summed E-state index contributed by atoms with van der Waals surface area (Å²) in [5.74, 6) is -1.11. The summed E-state index contributed by atoms with van der Waals surface area (Å²) in [6.07, 6.45) is 7.11. The first kappa shape index (κ1) is 23.4. The van der Waals surface area contributed by atoms with Gasteiger partial charge in [0, 0.05) is 36.5 Å². The first-order valence-electron chi connectivity index (χ1n) is 11.5.